The van der Waals surface area contributed by atoms with Gasteiger partial charge in [-0.1, -0.05) is 19.3 Å². The first-order valence-corrected chi connectivity index (χ1v) is 9.62. The van der Waals surface area contributed by atoms with Crippen molar-refractivity contribution < 1.29 is 18.3 Å². The number of nitrogens with zero attached hydrogens (tertiary/aromatic N) is 1. The van der Waals surface area contributed by atoms with E-state index in [9.17, 15) is 13.2 Å². The smallest absolute Gasteiger partial charge is 0.345 e. The Hall–Kier alpha value is -0.920. The van der Waals surface area contributed by atoms with Crippen LogP contribution in [-0.2, 0) is 10.0 Å². The second-order valence-electron chi connectivity index (χ2n) is 5.91. The Balaban J connectivity index is 1.79. The van der Waals surface area contributed by atoms with Crippen LogP contribution in [-0.4, -0.2) is 36.9 Å². The normalized spacial score (nSPS) is 27.2. The molecule has 21 heavy (non-hydrogen) atoms. The van der Waals surface area contributed by atoms with Gasteiger partial charge in [-0.05, 0) is 30.7 Å². The van der Waals surface area contributed by atoms with E-state index < -0.39 is 16.0 Å². The molecule has 0 radical (unpaired) electrons. The van der Waals surface area contributed by atoms with E-state index in [0.717, 1.165) is 24.2 Å². The maximum absolute atomic E-state index is 12.6. The number of piperidine rings is 1. The highest BCUT2D eigenvalue weighted by atomic mass is 32.2. The number of hydrogen-bond donors (Lipinski definition) is 1. The van der Waals surface area contributed by atoms with Crippen LogP contribution in [0.3, 0.4) is 0 Å². The van der Waals surface area contributed by atoms with Crippen LogP contribution in [0, 0.1) is 11.8 Å². The van der Waals surface area contributed by atoms with Gasteiger partial charge in [0.1, 0.15) is 4.88 Å². The van der Waals surface area contributed by atoms with Gasteiger partial charge in [-0.25, -0.2) is 13.2 Å². The van der Waals surface area contributed by atoms with Gasteiger partial charge in [0.2, 0.25) is 10.0 Å². The van der Waals surface area contributed by atoms with Crippen LogP contribution in [0.5, 0.6) is 0 Å². The molecule has 1 aromatic heterocycles. The van der Waals surface area contributed by atoms with E-state index in [4.69, 9.17) is 5.11 Å². The van der Waals surface area contributed by atoms with E-state index in [1.165, 1.54) is 30.7 Å². The molecule has 2 atom stereocenters. The Morgan fingerprint density at radius 1 is 1.24 bits per heavy atom. The molecule has 2 fully saturated rings. The molecule has 0 aromatic carbocycles. The van der Waals surface area contributed by atoms with E-state index in [1.54, 1.807) is 4.31 Å². The zero-order valence-electron chi connectivity index (χ0n) is 11.7. The Bertz CT molecular complexity index is 637. The first kappa shape index (κ1) is 15.0. The quantitative estimate of drug-likeness (QED) is 0.925. The highest BCUT2D eigenvalue weighted by molar-refractivity contribution is 7.89. The Morgan fingerprint density at radius 3 is 2.62 bits per heavy atom. The standard InChI is InChI=1S/C14H19NO4S2/c16-14(17)13-7-12(9-20-13)21(18,19)15-6-5-10-3-1-2-4-11(10)8-15/h7,9-11H,1-6,8H2,(H,16,17). The summed E-state index contributed by atoms with van der Waals surface area (Å²) in [5, 5.41) is 10.4. The summed E-state index contributed by atoms with van der Waals surface area (Å²) < 4.78 is 26.8. The second kappa shape index (κ2) is 5.70. The molecule has 5 nitrogen and oxygen atoms in total. The van der Waals surface area contributed by atoms with Crippen LogP contribution in [0.2, 0.25) is 0 Å². The monoisotopic (exact) mass is 329 g/mol. The molecule has 1 aliphatic heterocycles. The van der Waals surface area contributed by atoms with Gasteiger partial charge in [0.05, 0.1) is 4.90 Å². The zero-order valence-corrected chi connectivity index (χ0v) is 13.3. The van der Waals surface area contributed by atoms with Gasteiger partial charge < -0.3 is 5.11 Å². The van der Waals surface area contributed by atoms with Crippen LogP contribution >= 0.6 is 11.3 Å². The molecule has 2 unspecified atom stereocenters. The molecule has 1 saturated carbocycles. The molecule has 1 aliphatic carbocycles. The largest absolute Gasteiger partial charge is 0.477 e. The van der Waals surface area contributed by atoms with Crippen molar-refractivity contribution in [2.24, 2.45) is 11.8 Å². The third-order valence-electron chi connectivity index (χ3n) is 4.68. The number of hydrogen-bond acceptors (Lipinski definition) is 4. The molecule has 7 heteroatoms. The Kier molecular flexibility index (Phi) is 4.07. The van der Waals surface area contributed by atoms with Crippen molar-refractivity contribution in [1.29, 1.82) is 0 Å². The number of carboxylic acids is 1. The molecule has 1 N–H and O–H groups in total. The number of rotatable bonds is 3. The minimum Gasteiger partial charge on any atom is -0.477 e. The molecular formula is C14H19NO4S2. The van der Waals surface area contributed by atoms with Gasteiger partial charge >= 0.3 is 5.97 Å². The topological polar surface area (TPSA) is 74.7 Å². The second-order valence-corrected chi connectivity index (χ2v) is 8.76. The van der Waals surface area contributed by atoms with Gasteiger partial charge in [-0.3, -0.25) is 0 Å². The summed E-state index contributed by atoms with van der Waals surface area (Å²) in [6, 6.07) is 1.27. The Morgan fingerprint density at radius 2 is 1.95 bits per heavy atom. The molecule has 3 rings (SSSR count). The molecular weight excluding hydrogens is 310 g/mol. The number of thiophene rings is 1. The first-order chi connectivity index (χ1) is 9.98. The fraction of sp³-hybridized carbons (Fsp3) is 0.643. The van der Waals surface area contributed by atoms with Crippen molar-refractivity contribution in [2.75, 3.05) is 13.1 Å². The van der Waals surface area contributed by atoms with Crippen LogP contribution in [0.4, 0.5) is 0 Å². The highest BCUT2D eigenvalue weighted by Gasteiger charge is 2.36. The minimum atomic E-state index is -3.54. The summed E-state index contributed by atoms with van der Waals surface area (Å²) in [7, 11) is -3.54. The zero-order chi connectivity index (χ0) is 15.0. The third kappa shape index (κ3) is 2.86. The van der Waals surface area contributed by atoms with E-state index in [-0.39, 0.29) is 9.77 Å². The lowest BCUT2D eigenvalue weighted by molar-refractivity contribution is 0.0702. The summed E-state index contributed by atoms with van der Waals surface area (Å²) in [6.07, 6.45) is 5.72. The van der Waals surface area contributed by atoms with E-state index in [0.29, 0.717) is 24.9 Å². The number of carbonyl (C=O) groups is 1. The molecule has 2 aliphatic rings. The molecule has 1 aromatic rings. The van der Waals surface area contributed by atoms with Crippen molar-refractivity contribution in [3.8, 4) is 0 Å². The van der Waals surface area contributed by atoms with Crippen molar-refractivity contribution in [3.63, 3.8) is 0 Å². The summed E-state index contributed by atoms with van der Waals surface area (Å²) in [6.45, 7) is 1.15. The van der Waals surface area contributed by atoms with Crippen molar-refractivity contribution >= 4 is 27.3 Å². The van der Waals surface area contributed by atoms with Crippen molar-refractivity contribution in [3.05, 3.63) is 16.3 Å². The van der Waals surface area contributed by atoms with E-state index in [2.05, 4.69) is 0 Å². The molecule has 2 heterocycles. The van der Waals surface area contributed by atoms with Gasteiger partial charge in [0, 0.05) is 18.5 Å². The number of carboxylic acid groups (broad SMARTS) is 1. The summed E-state index contributed by atoms with van der Waals surface area (Å²) in [4.78, 5) is 11.1. The predicted molar refractivity (Wildman–Crippen MR) is 80.1 cm³/mol. The van der Waals surface area contributed by atoms with Crippen LogP contribution < -0.4 is 0 Å². The van der Waals surface area contributed by atoms with E-state index in [1.807, 2.05) is 0 Å². The Labute approximate surface area is 128 Å². The minimum absolute atomic E-state index is 0.0705. The summed E-state index contributed by atoms with van der Waals surface area (Å²) in [5.41, 5.74) is 0. The van der Waals surface area contributed by atoms with Crippen LogP contribution in [0.25, 0.3) is 0 Å². The highest BCUT2D eigenvalue weighted by Crippen LogP contribution is 2.38. The third-order valence-corrected chi connectivity index (χ3v) is 7.59. The maximum atomic E-state index is 12.6. The maximum Gasteiger partial charge on any atom is 0.345 e. The summed E-state index contributed by atoms with van der Waals surface area (Å²) >= 11 is 0.966. The van der Waals surface area contributed by atoms with Gasteiger partial charge in [0.25, 0.3) is 0 Å². The SMILES string of the molecule is O=C(O)c1cc(S(=O)(=O)N2CCC3CCCCC3C2)cs1. The fourth-order valence-corrected chi connectivity index (χ4v) is 6.11. The van der Waals surface area contributed by atoms with Gasteiger partial charge in [-0.15, -0.1) is 11.3 Å². The lowest BCUT2D eigenvalue weighted by Gasteiger charge is -2.40. The van der Waals surface area contributed by atoms with Crippen LogP contribution in [0.1, 0.15) is 41.8 Å². The van der Waals surface area contributed by atoms with E-state index >= 15 is 0 Å². The fourth-order valence-electron chi connectivity index (χ4n) is 3.50. The average Bonchev–Trinajstić information content (AvgIpc) is 2.97. The molecule has 0 spiro atoms. The molecule has 116 valence electrons. The van der Waals surface area contributed by atoms with Crippen molar-refractivity contribution in [1.82, 2.24) is 4.31 Å². The molecule has 0 bridgehead atoms. The van der Waals surface area contributed by atoms with Gasteiger partial charge in [-0.2, -0.15) is 4.31 Å². The molecule has 1 saturated heterocycles. The predicted octanol–water partition coefficient (Wildman–Crippen LogP) is 2.65. The van der Waals surface area contributed by atoms with Gasteiger partial charge in [0.15, 0.2) is 0 Å². The lowest BCUT2D eigenvalue weighted by atomic mass is 9.76. The summed E-state index contributed by atoms with van der Waals surface area (Å²) in [5.74, 6) is 0.0644. The lowest BCUT2D eigenvalue weighted by Crippen LogP contribution is -2.44. The first-order valence-electron chi connectivity index (χ1n) is 7.30. The van der Waals surface area contributed by atoms with Crippen LogP contribution in [0.15, 0.2) is 16.3 Å². The number of sulfonamides is 1. The number of aromatic carboxylic acids is 1. The number of fused-ring (bicyclic) bond motifs is 1. The average molecular weight is 329 g/mol. The van der Waals surface area contributed by atoms with Crippen molar-refractivity contribution in [2.45, 2.75) is 37.0 Å². The molecule has 0 amide bonds.